The van der Waals surface area contributed by atoms with Gasteiger partial charge in [-0.25, -0.2) is 4.79 Å². The van der Waals surface area contributed by atoms with Crippen molar-refractivity contribution in [3.8, 4) is 11.1 Å². The first-order valence-electron chi connectivity index (χ1n) is 11.7. The van der Waals surface area contributed by atoms with Crippen molar-refractivity contribution >= 4 is 18.0 Å². The van der Waals surface area contributed by atoms with Gasteiger partial charge in [-0.05, 0) is 35.1 Å². The summed E-state index contributed by atoms with van der Waals surface area (Å²) in [7, 11) is 0. The van der Waals surface area contributed by atoms with E-state index in [0.29, 0.717) is 26.1 Å². The maximum Gasteiger partial charge on any atom is 0.407 e. The molecule has 1 aliphatic heterocycles. The molecule has 2 aromatic carbocycles. The summed E-state index contributed by atoms with van der Waals surface area (Å²) in [4.78, 5) is 36.3. The Balaban J connectivity index is 1.35. The van der Waals surface area contributed by atoms with Crippen molar-refractivity contribution in [2.24, 2.45) is 5.41 Å². The molecular formula is C26H30N2O7. The Morgan fingerprint density at radius 1 is 1.00 bits per heavy atom. The average Bonchev–Trinajstić information content (AvgIpc) is 3.18. The van der Waals surface area contributed by atoms with E-state index in [2.05, 4.69) is 22.8 Å². The molecule has 4 rings (SSSR count). The fourth-order valence-electron chi connectivity index (χ4n) is 4.81. The number of hydrogen-bond donors (Lipinski definition) is 4. The molecule has 0 saturated carbocycles. The molecule has 35 heavy (non-hydrogen) atoms. The molecule has 0 bridgehead atoms. The highest BCUT2D eigenvalue weighted by Crippen LogP contribution is 2.44. The zero-order valence-electron chi connectivity index (χ0n) is 19.4. The molecular weight excluding hydrogens is 452 g/mol. The lowest BCUT2D eigenvalue weighted by Crippen LogP contribution is -2.52. The lowest BCUT2D eigenvalue weighted by molar-refractivity contribution is -0.141. The van der Waals surface area contributed by atoms with Crippen molar-refractivity contribution in [1.29, 1.82) is 0 Å². The maximum absolute atomic E-state index is 12.9. The van der Waals surface area contributed by atoms with Crippen LogP contribution in [0.1, 0.15) is 36.3 Å². The van der Waals surface area contributed by atoms with Gasteiger partial charge in [-0.1, -0.05) is 48.5 Å². The first-order valence-corrected chi connectivity index (χ1v) is 11.7. The first kappa shape index (κ1) is 24.7. The molecule has 0 spiro atoms. The smallest absolute Gasteiger partial charge is 0.407 e. The van der Waals surface area contributed by atoms with Crippen LogP contribution in [0.2, 0.25) is 0 Å². The fraction of sp³-hybridized carbons (Fsp3) is 0.423. The third kappa shape index (κ3) is 5.63. The van der Waals surface area contributed by atoms with Gasteiger partial charge < -0.3 is 30.3 Å². The minimum absolute atomic E-state index is 0.0495. The van der Waals surface area contributed by atoms with Gasteiger partial charge in [0.2, 0.25) is 5.91 Å². The standard InChI is InChI=1S/C26H30N2O7/c29-17(13-23(30)31)14-27-24(32)26(9-11-34-12-10-26)16-28-25(33)35-15-22-20-7-3-1-5-18(20)19-6-2-4-8-21(19)22/h1-8,17,22,29H,9-16H2,(H,27,32)(H,28,33)(H,30,31). The van der Waals surface area contributed by atoms with Gasteiger partial charge in [0.05, 0.1) is 17.9 Å². The fourth-order valence-corrected chi connectivity index (χ4v) is 4.81. The number of aliphatic hydroxyl groups is 1. The van der Waals surface area contributed by atoms with E-state index in [1.165, 1.54) is 0 Å². The molecule has 186 valence electrons. The molecule has 9 heteroatoms. The minimum atomic E-state index is -1.19. The second-order valence-corrected chi connectivity index (χ2v) is 9.03. The Morgan fingerprint density at radius 2 is 1.60 bits per heavy atom. The van der Waals surface area contributed by atoms with Crippen LogP contribution in [0, 0.1) is 5.41 Å². The van der Waals surface area contributed by atoms with Gasteiger partial charge in [0.1, 0.15) is 6.61 Å². The molecule has 0 radical (unpaired) electrons. The number of carboxylic acids is 1. The topological polar surface area (TPSA) is 134 Å². The summed E-state index contributed by atoms with van der Waals surface area (Å²) in [5.41, 5.74) is 3.58. The van der Waals surface area contributed by atoms with Crippen LogP contribution in [-0.4, -0.2) is 67.2 Å². The van der Waals surface area contributed by atoms with E-state index in [9.17, 15) is 19.5 Å². The predicted octanol–water partition coefficient (Wildman–Crippen LogP) is 2.27. The highest BCUT2D eigenvalue weighted by atomic mass is 16.5. The molecule has 9 nitrogen and oxygen atoms in total. The second-order valence-electron chi connectivity index (χ2n) is 9.03. The van der Waals surface area contributed by atoms with E-state index in [1.54, 1.807) is 0 Å². The van der Waals surface area contributed by atoms with Crippen molar-refractivity contribution in [3.05, 3.63) is 59.7 Å². The average molecular weight is 483 g/mol. The number of amides is 2. The van der Waals surface area contributed by atoms with Crippen LogP contribution in [0.5, 0.6) is 0 Å². The number of fused-ring (bicyclic) bond motifs is 3. The molecule has 1 fully saturated rings. The third-order valence-electron chi connectivity index (χ3n) is 6.75. The van der Waals surface area contributed by atoms with Crippen LogP contribution < -0.4 is 10.6 Å². The van der Waals surface area contributed by atoms with Crippen molar-refractivity contribution in [3.63, 3.8) is 0 Å². The number of aliphatic hydroxyl groups excluding tert-OH is 1. The van der Waals surface area contributed by atoms with Gasteiger partial charge in [0, 0.05) is 32.2 Å². The zero-order chi connectivity index (χ0) is 24.8. The van der Waals surface area contributed by atoms with Crippen molar-refractivity contribution in [1.82, 2.24) is 10.6 Å². The minimum Gasteiger partial charge on any atom is -0.481 e. The summed E-state index contributed by atoms with van der Waals surface area (Å²) in [6, 6.07) is 16.1. The molecule has 2 amide bonds. The Bertz CT molecular complexity index is 1040. The largest absolute Gasteiger partial charge is 0.481 e. The number of aliphatic carboxylic acids is 1. The normalized spacial score (nSPS) is 17.1. The highest BCUT2D eigenvalue weighted by Gasteiger charge is 2.40. The SMILES string of the molecule is O=C(O)CC(O)CNC(=O)C1(CNC(=O)OCC2c3ccccc3-c3ccccc32)CCOCC1. The van der Waals surface area contributed by atoms with Gasteiger partial charge in [0.15, 0.2) is 0 Å². The quantitative estimate of drug-likeness (QED) is 0.431. The van der Waals surface area contributed by atoms with Crippen molar-refractivity contribution in [2.45, 2.75) is 31.3 Å². The number of carbonyl (C=O) groups is 3. The molecule has 1 atom stereocenters. The molecule has 1 heterocycles. The lowest BCUT2D eigenvalue weighted by Gasteiger charge is -2.35. The van der Waals surface area contributed by atoms with Crippen molar-refractivity contribution in [2.75, 3.05) is 32.9 Å². The van der Waals surface area contributed by atoms with Crippen LogP contribution in [-0.2, 0) is 19.1 Å². The molecule has 1 aliphatic carbocycles. The number of carbonyl (C=O) groups excluding carboxylic acids is 2. The maximum atomic E-state index is 12.9. The van der Waals surface area contributed by atoms with E-state index in [-0.39, 0.29) is 31.5 Å². The Morgan fingerprint density at radius 3 is 2.20 bits per heavy atom. The Hall–Kier alpha value is -3.43. The van der Waals surface area contributed by atoms with Gasteiger partial charge in [-0.15, -0.1) is 0 Å². The van der Waals surface area contributed by atoms with E-state index >= 15 is 0 Å². The predicted molar refractivity (Wildman–Crippen MR) is 127 cm³/mol. The second kappa shape index (κ2) is 10.9. The summed E-state index contributed by atoms with van der Waals surface area (Å²) in [6.45, 7) is 0.755. The number of hydrogen-bond acceptors (Lipinski definition) is 6. The summed E-state index contributed by atoms with van der Waals surface area (Å²) >= 11 is 0. The first-order chi connectivity index (χ1) is 16.9. The molecule has 4 N–H and O–H groups in total. The highest BCUT2D eigenvalue weighted by molar-refractivity contribution is 5.84. The van der Waals surface area contributed by atoms with Gasteiger partial charge >= 0.3 is 12.1 Å². The third-order valence-corrected chi connectivity index (χ3v) is 6.75. The Kier molecular flexibility index (Phi) is 7.67. The van der Waals surface area contributed by atoms with E-state index in [4.69, 9.17) is 14.6 Å². The zero-order valence-corrected chi connectivity index (χ0v) is 19.4. The number of rotatable bonds is 9. The number of carboxylic acid groups (broad SMARTS) is 1. The summed E-state index contributed by atoms with van der Waals surface area (Å²) in [5, 5.41) is 23.9. The van der Waals surface area contributed by atoms with Gasteiger partial charge in [0.25, 0.3) is 0 Å². The summed E-state index contributed by atoms with van der Waals surface area (Å²) in [6.07, 6.45) is -1.50. The lowest BCUT2D eigenvalue weighted by atomic mass is 9.79. The van der Waals surface area contributed by atoms with Crippen LogP contribution in [0.15, 0.2) is 48.5 Å². The molecule has 1 unspecified atom stereocenters. The van der Waals surface area contributed by atoms with Crippen LogP contribution in [0.4, 0.5) is 4.79 Å². The van der Waals surface area contributed by atoms with E-state index < -0.39 is 30.0 Å². The number of nitrogens with one attached hydrogen (secondary N) is 2. The monoisotopic (exact) mass is 482 g/mol. The Labute approximate surface area is 203 Å². The number of alkyl carbamates (subject to hydrolysis) is 1. The van der Waals surface area contributed by atoms with Crippen LogP contribution >= 0.6 is 0 Å². The van der Waals surface area contributed by atoms with Crippen LogP contribution in [0.3, 0.4) is 0 Å². The molecule has 1 saturated heterocycles. The molecule has 2 aliphatic rings. The summed E-state index contributed by atoms with van der Waals surface area (Å²) < 4.78 is 11.0. The van der Waals surface area contributed by atoms with Crippen LogP contribution in [0.25, 0.3) is 11.1 Å². The number of ether oxygens (including phenoxy) is 2. The van der Waals surface area contributed by atoms with Crippen molar-refractivity contribution < 1.29 is 34.1 Å². The molecule has 2 aromatic rings. The van der Waals surface area contributed by atoms with E-state index in [0.717, 1.165) is 22.3 Å². The molecule has 0 aromatic heterocycles. The van der Waals surface area contributed by atoms with Gasteiger partial charge in [-0.3, -0.25) is 9.59 Å². The van der Waals surface area contributed by atoms with E-state index in [1.807, 2.05) is 36.4 Å². The van der Waals surface area contributed by atoms with Gasteiger partial charge in [-0.2, -0.15) is 0 Å². The number of benzene rings is 2. The summed E-state index contributed by atoms with van der Waals surface area (Å²) in [5.74, 6) is -1.57.